The monoisotopic (exact) mass is 141 g/mol. The third-order valence-corrected chi connectivity index (χ3v) is 2.06. The number of nitrogens with zero attached hydrogens (tertiary/aromatic N) is 1. The Labute approximate surface area is 62.2 Å². The molecule has 0 spiro atoms. The first-order valence-corrected chi connectivity index (χ1v) is 3.98. The Hall–Kier alpha value is -0.530. The zero-order valence-electron chi connectivity index (χ0n) is 6.76. The standard InChI is InChI=1S/C8H15NO/c1-3-9(2)8(10)6-7-4-5-7/h7H,3-6H2,1-2H3. The van der Waals surface area contributed by atoms with E-state index in [4.69, 9.17) is 0 Å². The van der Waals surface area contributed by atoms with Crippen molar-refractivity contribution in [2.45, 2.75) is 26.2 Å². The van der Waals surface area contributed by atoms with Gasteiger partial charge in [0.25, 0.3) is 0 Å². The summed E-state index contributed by atoms with van der Waals surface area (Å²) >= 11 is 0. The number of amides is 1. The van der Waals surface area contributed by atoms with Crippen molar-refractivity contribution in [3.8, 4) is 0 Å². The van der Waals surface area contributed by atoms with Crippen LogP contribution >= 0.6 is 0 Å². The third kappa shape index (κ3) is 2.01. The van der Waals surface area contributed by atoms with Gasteiger partial charge in [-0.05, 0) is 25.7 Å². The Morgan fingerprint density at radius 1 is 1.60 bits per heavy atom. The van der Waals surface area contributed by atoms with Crippen molar-refractivity contribution in [1.29, 1.82) is 0 Å². The average Bonchev–Trinajstić information content (AvgIpc) is 2.70. The fraction of sp³-hybridized carbons (Fsp3) is 0.875. The van der Waals surface area contributed by atoms with Crippen molar-refractivity contribution in [3.63, 3.8) is 0 Å². The van der Waals surface area contributed by atoms with Gasteiger partial charge in [0.1, 0.15) is 0 Å². The highest BCUT2D eigenvalue weighted by molar-refractivity contribution is 5.76. The molecule has 1 fully saturated rings. The summed E-state index contributed by atoms with van der Waals surface area (Å²) in [7, 11) is 1.87. The molecule has 0 bridgehead atoms. The van der Waals surface area contributed by atoms with Gasteiger partial charge < -0.3 is 4.90 Å². The maximum atomic E-state index is 11.2. The lowest BCUT2D eigenvalue weighted by molar-refractivity contribution is -0.130. The molecule has 0 aliphatic heterocycles. The van der Waals surface area contributed by atoms with Crippen LogP contribution in [0.25, 0.3) is 0 Å². The average molecular weight is 141 g/mol. The van der Waals surface area contributed by atoms with Crippen molar-refractivity contribution in [3.05, 3.63) is 0 Å². The lowest BCUT2D eigenvalue weighted by Gasteiger charge is -2.13. The molecule has 0 unspecified atom stereocenters. The second kappa shape index (κ2) is 3.04. The van der Waals surface area contributed by atoms with Crippen LogP contribution in [0, 0.1) is 5.92 Å². The quantitative estimate of drug-likeness (QED) is 0.579. The highest BCUT2D eigenvalue weighted by Crippen LogP contribution is 2.32. The topological polar surface area (TPSA) is 20.3 Å². The Bertz CT molecular complexity index is 129. The minimum absolute atomic E-state index is 0.310. The zero-order valence-corrected chi connectivity index (χ0v) is 6.76. The molecule has 0 saturated heterocycles. The van der Waals surface area contributed by atoms with Crippen molar-refractivity contribution in [1.82, 2.24) is 4.90 Å². The van der Waals surface area contributed by atoms with Gasteiger partial charge in [-0.15, -0.1) is 0 Å². The van der Waals surface area contributed by atoms with Gasteiger partial charge in [0.05, 0.1) is 0 Å². The summed E-state index contributed by atoms with van der Waals surface area (Å²) < 4.78 is 0. The van der Waals surface area contributed by atoms with Crippen molar-refractivity contribution < 1.29 is 4.79 Å². The van der Waals surface area contributed by atoms with E-state index in [1.807, 2.05) is 14.0 Å². The highest BCUT2D eigenvalue weighted by Gasteiger charge is 2.25. The van der Waals surface area contributed by atoms with E-state index < -0.39 is 0 Å². The molecule has 58 valence electrons. The lowest BCUT2D eigenvalue weighted by Crippen LogP contribution is -2.26. The largest absolute Gasteiger partial charge is 0.346 e. The summed E-state index contributed by atoms with van der Waals surface area (Å²) in [4.78, 5) is 12.9. The van der Waals surface area contributed by atoms with E-state index in [0.29, 0.717) is 5.91 Å². The zero-order chi connectivity index (χ0) is 7.56. The van der Waals surface area contributed by atoms with E-state index >= 15 is 0 Å². The van der Waals surface area contributed by atoms with Crippen LogP contribution in [-0.2, 0) is 4.79 Å². The molecule has 10 heavy (non-hydrogen) atoms. The molecule has 1 amide bonds. The number of hydrogen-bond acceptors (Lipinski definition) is 1. The van der Waals surface area contributed by atoms with Crippen LogP contribution in [-0.4, -0.2) is 24.4 Å². The molecule has 2 nitrogen and oxygen atoms in total. The first-order valence-electron chi connectivity index (χ1n) is 3.98. The Morgan fingerprint density at radius 2 is 2.20 bits per heavy atom. The SMILES string of the molecule is CCN(C)C(=O)CC1CC1. The first-order chi connectivity index (χ1) is 4.74. The molecule has 0 radical (unpaired) electrons. The van der Waals surface area contributed by atoms with Gasteiger partial charge >= 0.3 is 0 Å². The molecule has 0 aromatic rings. The molecule has 1 rings (SSSR count). The van der Waals surface area contributed by atoms with Gasteiger partial charge in [-0.3, -0.25) is 4.79 Å². The fourth-order valence-electron chi connectivity index (χ4n) is 0.901. The minimum Gasteiger partial charge on any atom is -0.346 e. The predicted octanol–water partition coefficient (Wildman–Crippen LogP) is 1.26. The summed E-state index contributed by atoms with van der Waals surface area (Å²) in [5.41, 5.74) is 0. The maximum Gasteiger partial charge on any atom is 0.222 e. The van der Waals surface area contributed by atoms with Crippen molar-refractivity contribution in [2.24, 2.45) is 5.92 Å². The van der Waals surface area contributed by atoms with Crippen LogP contribution < -0.4 is 0 Å². The molecular weight excluding hydrogens is 126 g/mol. The van der Waals surface area contributed by atoms with Crippen LogP contribution in [0.4, 0.5) is 0 Å². The van der Waals surface area contributed by atoms with Gasteiger partial charge in [-0.25, -0.2) is 0 Å². The van der Waals surface area contributed by atoms with Crippen LogP contribution in [0.1, 0.15) is 26.2 Å². The van der Waals surface area contributed by atoms with Crippen LogP contribution in [0.5, 0.6) is 0 Å². The van der Waals surface area contributed by atoms with E-state index in [9.17, 15) is 4.79 Å². The van der Waals surface area contributed by atoms with Crippen LogP contribution in [0.3, 0.4) is 0 Å². The molecular formula is C8H15NO. The first kappa shape index (κ1) is 7.58. The predicted molar refractivity (Wildman–Crippen MR) is 40.7 cm³/mol. The normalized spacial score (nSPS) is 17.0. The number of hydrogen-bond donors (Lipinski definition) is 0. The van der Waals surface area contributed by atoms with Gasteiger partial charge in [-0.2, -0.15) is 0 Å². The number of carbonyl (C=O) groups excluding carboxylic acids is 1. The highest BCUT2D eigenvalue weighted by atomic mass is 16.2. The summed E-state index contributed by atoms with van der Waals surface area (Å²) in [5, 5.41) is 0. The summed E-state index contributed by atoms with van der Waals surface area (Å²) in [6.07, 6.45) is 3.32. The number of rotatable bonds is 3. The molecule has 0 N–H and O–H groups in total. The van der Waals surface area contributed by atoms with E-state index in [1.165, 1.54) is 12.8 Å². The number of carbonyl (C=O) groups is 1. The fourth-order valence-corrected chi connectivity index (χ4v) is 0.901. The summed E-state index contributed by atoms with van der Waals surface area (Å²) in [6, 6.07) is 0. The summed E-state index contributed by atoms with van der Waals surface area (Å²) in [5.74, 6) is 1.03. The van der Waals surface area contributed by atoms with Crippen molar-refractivity contribution >= 4 is 5.91 Å². The minimum atomic E-state index is 0.310. The second-order valence-electron chi connectivity index (χ2n) is 3.06. The van der Waals surface area contributed by atoms with E-state index in [0.717, 1.165) is 18.9 Å². The Morgan fingerprint density at radius 3 is 2.60 bits per heavy atom. The lowest BCUT2D eigenvalue weighted by atomic mass is 10.2. The van der Waals surface area contributed by atoms with Gasteiger partial charge in [-0.1, -0.05) is 0 Å². The molecule has 1 saturated carbocycles. The van der Waals surface area contributed by atoms with E-state index in [1.54, 1.807) is 4.90 Å². The molecule has 0 heterocycles. The van der Waals surface area contributed by atoms with Crippen molar-refractivity contribution in [2.75, 3.05) is 13.6 Å². The van der Waals surface area contributed by atoms with Crippen LogP contribution in [0.15, 0.2) is 0 Å². The van der Waals surface area contributed by atoms with E-state index in [-0.39, 0.29) is 0 Å². The molecule has 0 aromatic heterocycles. The Balaban J connectivity index is 2.18. The second-order valence-corrected chi connectivity index (χ2v) is 3.06. The summed E-state index contributed by atoms with van der Waals surface area (Å²) in [6.45, 7) is 2.84. The third-order valence-electron chi connectivity index (χ3n) is 2.06. The molecule has 2 heteroatoms. The molecule has 0 atom stereocenters. The van der Waals surface area contributed by atoms with Gasteiger partial charge in [0.2, 0.25) is 5.91 Å². The molecule has 0 aromatic carbocycles. The van der Waals surface area contributed by atoms with Gasteiger partial charge in [0, 0.05) is 20.0 Å². The Kier molecular flexibility index (Phi) is 2.30. The molecule has 1 aliphatic rings. The van der Waals surface area contributed by atoms with E-state index in [2.05, 4.69) is 0 Å². The van der Waals surface area contributed by atoms with Crippen LogP contribution in [0.2, 0.25) is 0 Å². The maximum absolute atomic E-state index is 11.2. The van der Waals surface area contributed by atoms with Gasteiger partial charge in [0.15, 0.2) is 0 Å². The smallest absolute Gasteiger partial charge is 0.222 e. The molecule has 1 aliphatic carbocycles.